The lowest BCUT2D eigenvalue weighted by Crippen LogP contribution is -2.21. The second kappa shape index (κ2) is 8.70. The molecule has 0 aliphatic carbocycles. The van der Waals surface area contributed by atoms with Crippen molar-refractivity contribution in [3.05, 3.63) is 36.0 Å². The third kappa shape index (κ3) is 5.43. The lowest BCUT2D eigenvalue weighted by Gasteiger charge is -2.19. The van der Waals surface area contributed by atoms with Crippen LogP contribution in [0.4, 0.5) is 5.82 Å². The molecule has 3 heteroatoms. The average Bonchev–Trinajstić information content (AvgIpc) is 2.41. The van der Waals surface area contributed by atoms with E-state index in [0.717, 1.165) is 50.4 Å². The van der Waals surface area contributed by atoms with Crippen molar-refractivity contribution in [2.75, 3.05) is 25.0 Å². The summed E-state index contributed by atoms with van der Waals surface area (Å²) in [5, 5.41) is 3.42. The summed E-state index contributed by atoms with van der Waals surface area (Å²) in [4.78, 5) is 6.90. The second-order valence-electron chi connectivity index (χ2n) is 4.94. The Morgan fingerprint density at radius 3 is 2.84 bits per heavy atom. The molecule has 106 valence electrons. The van der Waals surface area contributed by atoms with Crippen LogP contribution >= 0.6 is 0 Å². The first-order valence-corrected chi connectivity index (χ1v) is 7.18. The number of aryl methyl sites for hydroxylation is 1. The van der Waals surface area contributed by atoms with E-state index in [1.807, 2.05) is 6.08 Å². The van der Waals surface area contributed by atoms with Gasteiger partial charge in [0, 0.05) is 25.8 Å². The van der Waals surface area contributed by atoms with Crippen molar-refractivity contribution in [3.63, 3.8) is 0 Å². The number of nitrogens with zero attached hydrogens (tertiary/aromatic N) is 2. The van der Waals surface area contributed by atoms with Gasteiger partial charge in [-0.1, -0.05) is 19.1 Å². The maximum atomic E-state index is 4.69. The van der Waals surface area contributed by atoms with Crippen LogP contribution in [-0.2, 0) is 6.54 Å². The minimum absolute atomic E-state index is 0.910. The summed E-state index contributed by atoms with van der Waals surface area (Å²) in [5.41, 5.74) is 2.41. The van der Waals surface area contributed by atoms with E-state index in [4.69, 9.17) is 4.98 Å². The number of nitrogens with one attached hydrogen (secondary N) is 1. The van der Waals surface area contributed by atoms with Crippen LogP contribution in [0.15, 0.2) is 24.8 Å². The molecule has 0 unspecified atom stereocenters. The fourth-order valence-electron chi connectivity index (χ4n) is 1.96. The molecule has 1 heterocycles. The molecule has 0 spiro atoms. The predicted octanol–water partition coefficient (Wildman–Crippen LogP) is 3.29. The normalized spacial score (nSPS) is 10.5. The number of hydrogen-bond donors (Lipinski definition) is 1. The minimum atomic E-state index is 0.910. The maximum absolute atomic E-state index is 4.69. The van der Waals surface area contributed by atoms with Crippen LogP contribution in [0.3, 0.4) is 0 Å². The second-order valence-corrected chi connectivity index (χ2v) is 4.94. The molecule has 0 saturated heterocycles. The molecule has 0 bridgehead atoms. The predicted molar refractivity (Wildman–Crippen MR) is 83.7 cm³/mol. The zero-order chi connectivity index (χ0) is 14.1. The first-order chi connectivity index (χ1) is 9.19. The molecule has 1 N–H and O–H groups in total. The van der Waals surface area contributed by atoms with Crippen LogP contribution in [0, 0.1) is 6.92 Å². The van der Waals surface area contributed by atoms with E-state index < -0.39 is 0 Å². The van der Waals surface area contributed by atoms with Crippen molar-refractivity contribution in [3.8, 4) is 0 Å². The summed E-state index contributed by atoms with van der Waals surface area (Å²) >= 11 is 0. The van der Waals surface area contributed by atoms with Gasteiger partial charge in [-0.15, -0.1) is 6.58 Å². The number of hydrogen-bond acceptors (Lipinski definition) is 3. The topological polar surface area (TPSA) is 28.2 Å². The standard InChI is InChI=1S/C16H27N3/c1-5-7-8-12-19(4)16-10-9-15(14(3)18-16)13-17-11-6-2/h5,9-10,17H,1,6-8,11-13H2,2-4H3. The van der Waals surface area contributed by atoms with Gasteiger partial charge in [0.25, 0.3) is 0 Å². The molecule has 0 amide bonds. The quantitative estimate of drug-likeness (QED) is 0.546. The number of unbranched alkanes of at least 4 members (excludes halogenated alkanes) is 1. The van der Waals surface area contributed by atoms with Gasteiger partial charge in [-0.3, -0.25) is 0 Å². The van der Waals surface area contributed by atoms with Gasteiger partial charge in [-0.05, 0) is 44.4 Å². The highest BCUT2D eigenvalue weighted by atomic mass is 15.2. The Labute approximate surface area is 117 Å². The zero-order valence-corrected chi connectivity index (χ0v) is 12.6. The summed E-state index contributed by atoms with van der Waals surface area (Å²) < 4.78 is 0. The van der Waals surface area contributed by atoms with Crippen molar-refractivity contribution in [2.24, 2.45) is 0 Å². The Bertz CT molecular complexity index is 388. The van der Waals surface area contributed by atoms with E-state index in [9.17, 15) is 0 Å². The number of aromatic nitrogens is 1. The average molecular weight is 261 g/mol. The first kappa shape index (κ1) is 15.7. The number of anilines is 1. The van der Waals surface area contributed by atoms with Gasteiger partial charge in [0.1, 0.15) is 5.82 Å². The highest BCUT2D eigenvalue weighted by Gasteiger charge is 2.05. The van der Waals surface area contributed by atoms with Crippen molar-refractivity contribution < 1.29 is 0 Å². The maximum Gasteiger partial charge on any atom is 0.128 e. The lowest BCUT2D eigenvalue weighted by atomic mass is 10.2. The summed E-state index contributed by atoms with van der Waals surface area (Å²) in [5.74, 6) is 1.06. The summed E-state index contributed by atoms with van der Waals surface area (Å²) in [7, 11) is 2.10. The van der Waals surface area contributed by atoms with Crippen molar-refractivity contribution in [2.45, 2.75) is 39.7 Å². The molecule has 19 heavy (non-hydrogen) atoms. The summed E-state index contributed by atoms with van der Waals surface area (Å²) in [6, 6.07) is 4.30. The monoisotopic (exact) mass is 261 g/mol. The van der Waals surface area contributed by atoms with E-state index in [1.165, 1.54) is 5.56 Å². The van der Waals surface area contributed by atoms with Gasteiger partial charge in [0.15, 0.2) is 0 Å². The zero-order valence-electron chi connectivity index (χ0n) is 12.6. The molecule has 1 aromatic rings. The van der Waals surface area contributed by atoms with E-state index in [2.05, 4.69) is 49.8 Å². The Morgan fingerprint density at radius 2 is 2.21 bits per heavy atom. The molecule has 0 aromatic carbocycles. The molecule has 0 aliphatic heterocycles. The molecular weight excluding hydrogens is 234 g/mol. The molecule has 1 rings (SSSR count). The Balaban J connectivity index is 2.57. The SMILES string of the molecule is C=CCCCN(C)c1ccc(CNCCC)c(C)n1. The van der Waals surface area contributed by atoms with Gasteiger partial charge in [0.2, 0.25) is 0 Å². The molecular formula is C16H27N3. The fraction of sp³-hybridized carbons (Fsp3) is 0.562. The fourth-order valence-corrected chi connectivity index (χ4v) is 1.96. The van der Waals surface area contributed by atoms with Crippen molar-refractivity contribution >= 4 is 5.82 Å². The van der Waals surface area contributed by atoms with Crippen LogP contribution in [0.1, 0.15) is 37.4 Å². The highest BCUT2D eigenvalue weighted by molar-refractivity contribution is 5.40. The Morgan fingerprint density at radius 1 is 1.42 bits per heavy atom. The highest BCUT2D eigenvalue weighted by Crippen LogP contribution is 2.14. The molecule has 1 aromatic heterocycles. The molecule has 0 fully saturated rings. The third-order valence-electron chi connectivity index (χ3n) is 3.22. The molecule has 0 saturated carbocycles. The van der Waals surface area contributed by atoms with E-state index >= 15 is 0 Å². The van der Waals surface area contributed by atoms with E-state index in [-0.39, 0.29) is 0 Å². The Hall–Kier alpha value is -1.35. The smallest absolute Gasteiger partial charge is 0.128 e. The molecule has 0 aliphatic rings. The van der Waals surface area contributed by atoms with Gasteiger partial charge < -0.3 is 10.2 Å². The van der Waals surface area contributed by atoms with Gasteiger partial charge in [-0.2, -0.15) is 0 Å². The number of allylic oxidation sites excluding steroid dienone is 1. The van der Waals surface area contributed by atoms with E-state index in [0.29, 0.717) is 0 Å². The number of rotatable bonds is 9. The molecule has 0 atom stereocenters. The van der Waals surface area contributed by atoms with Crippen LogP contribution < -0.4 is 10.2 Å². The van der Waals surface area contributed by atoms with Gasteiger partial charge in [-0.25, -0.2) is 4.98 Å². The van der Waals surface area contributed by atoms with Crippen LogP contribution in [0.5, 0.6) is 0 Å². The number of pyridine rings is 1. The molecule has 3 nitrogen and oxygen atoms in total. The third-order valence-corrected chi connectivity index (χ3v) is 3.22. The van der Waals surface area contributed by atoms with Crippen molar-refractivity contribution in [1.29, 1.82) is 0 Å². The first-order valence-electron chi connectivity index (χ1n) is 7.18. The van der Waals surface area contributed by atoms with Crippen molar-refractivity contribution in [1.82, 2.24) is 10.3 Å². The van der Waals surface area contributed by atoms with Crippen LogP contribution in [0.25, 0.3) is 0 Å². The van der Waals surface area contributed by atoms with E-state index in [1.54, 1.807) is 0 Å². The molecule has 0 radical (unpaired) electrons. The van der Waals surface area contributed by atoms with Gasteiger partial charge >= 0.3 is 0 Å². The minimum Gasteiger partial charge on any atom is -0.360 e. The Kier molecular flexibility index (Phi) is 7.19. The van der Waals surface area contributed by atoms with Crippen LogP contribution in [-0.4, -0.2) is 25.1 Å². The summed E-state index contributed by atoms with van der Waals surface area (Å²) in [6.07, 6.45) is 5.31. The lowest BCUT2D eigenvalue weighted by molar-refractivity contribution is 0.670. The van der Waals surface area contributed by atoms with Gasteiger partial charge in [0.05, 0.1) is 0 Å². The van der Waals surface area contributed by atoms with Crippen LogP contribution in [0.2, 0.25) is 0 Å². The summed E-state index contributed by atoms with van der Waals surface area (Å²) in [6.45, 7) is 11.0. The largest absolute Gasteiger partial charge is 0.360 e.